The van der Waals surface area contributed by atoms with Crippen LogP contribution in [0, 0.1) is 6.92 Å². The number of benzene rings is 1. The Kier molecular flexibility index (Phi) is 3.88. The molecule has 110 valence electrons. The Hall–Kier alpha value is -1.22. The number of hydrogen-bond acceptors (Lipinski definition) is 3. The Labute approximate surface area is 121 Å². The summed E-state index contributed by atoms with van der Waals surface area (Å²) in [6.07, 6.45) is 9.01. The van der Waals surface area contributed by atoms with E-state index in [1.54, 1.807) is 0 Å². The van der Waals surface area contributed by atoms with Crippen molar-refractivity contribution >= 4 is 5.69 Å². The van der Waals surface area contributed by atoms with Gasteiger partial charge in [-0.2, -0.15) is 0 Å². The molecular weight excluding hydrogens is 250 g/mol. The lowest BCUT2D eigenvalue weighted by molar-refractivity contribution is -0.0748. The average molecular weight is 275 g/mol. The van der Waals surface area contributed by atoms with Crippen molar-refractivity contribution in [3.8, 4) is 5.75 Å². The van der Waals surface area contributed by atoms with Crippen LogP contribution in [-0.2, 0) is 4.74 Å². The summed E-state index contributed by atoms with van der Waals surface area (Å²) < 4.78 is 12.2. The molecule has 1 heterocycles. The highest BCUT2D eigenvalue weighted by Crippen LogP contribution is 2.42. The molecule has 1 unspecified atom stereocenters. The third-order valence-electron chi connectivity index (χ3n) is 4.69. The molecule has 1 saturated heterocycles. The lowest BCUT2D eigenvalue weighted by Gasteiger charge is -2.33. The molecule has 0 aromatic heterocycles. The summed E-state index contributed by atoms with van der Waals surface area (Å²) >= 11 is 0. The van der Waals surface area contributed by atoms with Gasteiger partial charge in [0.1, 0.15) is 12.4 Å². The third kappa shape index (κ3) is 2.93. The Morgan fingerprint density at radius 3 is 2.80 bits per heavy atom. The van der Waals surface area contributed by atoms with Gasteiger partial charge >= 0.3 is 0 Å². The highest BCUT2D eigenvalue weighted by Gasteiger charge is 2.40. The van der Waals surface area contributed by atoms with E-state index < -0.39 is 0 Å². The molecule has 3 nitrogen and oxygen atoms in total. The Balaban J connectivity index is 1.54. The van der Waals surface area contributed by atoms with Crippen LogP contribution in [-0.4, -0.2) is 18.3 Å². The summed E-state index contributed by atoms with van der Waals surface area (Å²) in [6.45, 7) is 2.65. The van der Waals surface area contributed by atoms with Crippen molar-refractivity contribution in [1.29, 1.82) is 0 Å². The Bertz CT molecular complexity index is 466. The molecule has 1 aromatic carbocycles. The third-order valence-corrected chi connectivity index (χ3v) is 4.69. The van der Waals surface area contributed by atoms with Gasteiger partial charge in [0, 0.05) is 0 Å². The first-order chi connectivity index (χ1) is 9.67. The molecule has 20 heavy (non-hydrogen) atoms. The molecule has 1 saturated carbocycles. The zero-order valence-corrected chi connectivity index (χ0v) is 12.4. The summed E-state index contributed by atoms with van der Waals surface area (Å²) in [7, 11) is 0. The lowest BCUT2D eigenvalue weighted by atomic mass is 9.83. The molecule has 0 amide bonds. The first kappa shape index (κ1) is 13.7. The number of aryl methyl sites for hydroxylation is 1. The fourth-order valence-electron chi connectivity index (χ4n) is 3.56. The van der Waals surface area contributed by atoms with Gasteiger partial charge in [-0.05, 0) is 50.3 Å². The largest absolute Gasteiger partial charge is 0.489 e. The van der Waals surface area contributed by atoms with Crippen molar-refractivity contribution in [2.75, 3.05) is 12.3 Å². The van der Waals surface area contributed by atoms with Crippen LogP contribution in [0.5, 0.6) is 5.75 Å². The van der Waals surface area contributed by atoms with Gasteiger partial charge in [-0.3, -0.25) is 0 Å². The van der Waals surface area contributed by atoms with E-state index in [-0.39, 0.29) is 11.7 Å². The lowest BCUT2D eigenvalue weighted by Crippen LogP contribution is -2.32. The number of ether oxygens (including phenoxy) is 2. The van der Waals surface area contributed by atoms with Crippen LogP contribution in [0.2, 0.25) is 0 Å². The molecule has 2 N–H and O–H groups in total. The predicted molar refractivity (Wildman–Crippen MR) is 81.0 cm³/mol. The average Bonchev–Trinajstić information content (AvgIpc) is 2.82. The summed E-state index contributed by atoms with van der Waals surface area (Å²) in [4.78, 5) is 0. The van der Waals surface area contributed by atoms with Crippen LogP contribution in [0.15, 0.2) is 18.2 Å². The van der Waals surface area contributed by atoms with Gasteiger partial charge in [-0.1, -0.05) is 25.3 Å². The molecule has 1 atom stereocenters. The molecule has 1 spiro atoms. The first-order valence-electron chi connectivity index (χ1n) is 7.84. The van der Waals surface area contributed by atoms with Gasteiger partial charge in [0.25, 0.3) is 0 Å². The monoisotopic (exact) mass is 275 g/mol. The second-order valence-corrected chi connectivity index (χ2v) is 6.37. The van der Waals surface area contributed by atoms with E-state index in [1.165, 1.54) is 38.5 Å². The van der Waals surface area contributed by atoms with E-state index in [4.69, 9.17) is 15.2 Å². The van der Waals surface area contributed by atoms with Crippen LogP contribution in [0.3, 0.4) is 0 Å². The number of rotatable bonds is 3. The molecule has 2 aliphatic rings. The van der Waals surface area contributed by atoms with Crippen LogP contribution >= 0.6 is 0 Å². The number of nitrogens with two attached hydrogens (primary N) is 1. The van der Waals surface area contributed by atoms with Gasteiger partial charge in [-0.25, -0.2) is 0 Å². The van der Waals surface area contributed by atoms with Crippen molar-refractivity contribution in [1.82, 2.24) is 0 Å². The van der Waals surface area contributed by atoms with Gasteiger partial charge in [0.15, 0.2) is 0 Å². The maximum Gasteiger partial charge on any atom is 0.142 e. The van der Waals surface area contributed by atoms with E-state index in [9.17, 15) is 0 Å². The zero-order valence-electron chi connectivity index (χ0n) is 12.4. The minimum atomic E-state index is 0.172. The van der Waals surface area contributed by atoms with Gasteiger partial charge in [-0.15, -0.1) is 0 Å². The Morgan fingerprint density at radius 1 is 1.25 bits per heavy atom. The fourth-order valence-corrected chi connectivity index (χ4v) is 3.56. The zero-order chi connectivity index (χ0) is 14.0. The highest BCUT2D eigenvalue weighted by atomic mass is 16.6. The first-order valence-corrected chi connectivity index (χ1v) is 7.84. The smallest absolute Gasteiger partial charge is 0.142 e. The van der Waals surface area contributed by atoms with E-state index in [0.717, 1.165) is 23.4 Å². The quantitative estimate of drug-likeness (QED) is 0.852. The number of nitrogen functional groups attached to an aromatic ring is 1. The van der Waals surface area contributed by atoms with Crippen molar-refractivity contribution in [3.05, 3.63) is 23.8 Å². The summed E-state index contributed by atoms with van der Waals surface area (Å²) in [5.74, 6) is 0.781. The standard InChI is InChI=1S/C17H25NO2/c1-13-5-6-16(15(18)11-13)19-12-14-7-10-17(20-14)8-3-2-4-9-17/h5-6,11,14H,2-4,7-10,12,18H2,1H3. The molecule has 3 heteroatoms. The van der Waals surface area contributed by atoms with Crippen LogP contribution < -0.4 is 10.5 Å². The molecule has 3 rings (SSSR count). The van der Waals surface area contributed by atoms with E-state index in [2.05, 4.69) is 0 Å². The van der Waals surface area contributed by atoms with Crippen LogP contribution in [0.1, 0.15) is 50.5 Å². The molecule has 2 fully saturated rings. The summed E-state index contributed by atoms with van der Waals surface area (Å²) in [5.41, 5.74) is 8.03. The predicted octanol–water partition coefficient (Wildman–Crippen LogP) is 3.84. The maximum absolute atomic E-state index is 6.31. The second kappa shape index (κ2) is 5.65. The van der Waals surface area contributed by atoms with Crippen molar-refractivity contribution in [3.63, 3.8) is 0 Å². The minimum absolute atomic E-state index is 0.172. The minimum Gasteiger partial charge on any atom is -0.489 e. The SMILES string of the molecule is Cc1ccc(OCC2CCC3(CCCCC3)O2)c(N)c1. The maximum atomic E-state index is 6.31. The highest BCUT2D eigenvalue weighted by molar-refractivity contribution is 5.54. The van der Waals surface area contributed by atoms with Crippen LogP contribution in [0.25, 0.3) is 0 Å². The summed E-state index contributed by atoms with van der Waals surface area (Å²) in [5, 5.41) is 0. The molecular formula is C17H25NO2. The normalized spacial score (nSPS) is 24.9. The number of anilines is 1. The summed E-state index contributed by atoms with van der Waals surface area (Å²) in [6, 6.07) is 5.94. The van der Waals surface area contributed by atoms with E-state index >= 15 is 0 Å². The van der Waals surface area contributed by atoms with Crippen molar-refractivity contribution < 1.29 is 9.47 Å². The van der Waals surface area contributed by atoms with Gasteiger partial charge in [0.2, 0.25) is 0 Å². The number of hydrogen-bond donors (Lipinski definition) is 1. The van der Waals surface area contributed by atoms with Crippen molar-refractivity contribution in [2.24, 2.45) is 0 Å². The van der Waals surface area contributed by atoms with E-state index in [0.29, 0.717) is 6.61 Å². The molecule has 1 aliphatic heterocycles. The molecule has 0 radical (unpaired) electrons. The second-order valence-electron chi connectivity index (χ2n) is 6.37. The Morgan fingerprint density at radius 2 is 2.05 bits per heavy atom. The van der Waals surface area contributed by atoms with E-state index in [1.807, 2.05) is 25.1 Å². The van der Waals surface area contributed by atoms with Gasteiger partial charge < -0.3 is 15.2 Å². The molecule has 0 bridgehead atoms. The topological polar surface area (TPSA) is 44.5 Å². The van der Waals surface area contributed by atoms with Crippen LogP contribution in [0.4, 0.5) is 5.69 Å². The van der Waals surface area contributed by atoms with Gasteiger partial charge in [0.05, 0.1) is 17.4 Å². The molecule has 1 aliphatic carbocycles. The van der Waals surface area contributed by atoms with Crippen molar-refractivity contribution in [2.45, 2.75) is 63.6 Å². The fraction of sp³-hybridized carbons (Fsp3) is 0.647. The molecule has 1 aromatic rings.